The van der Waals surface area contributed by atoms with Crippen molar-refractivity contribution in [2.75, 3.05) is 24.6 Å². The first-order valence-electron chi connectivity index (χ1n) is 10.4. The molecule has 1 aliphatic rings. The van der Waals surface area contributed by atoms with Gasteiger partial charge < -0.3 is 14.7 Å². The Morgan fingerprint density at radius 2 is 1.97 bits per heavy atom. The molecule has 2 heterocycles. The number of nitrogens with zero attached hydrogens (tertiary/aromatic N) is 2. The van der Waals surface area contributed by atoms with Crippen molar-refractivity contribution in [1.82, 2.24) is 4.98 Å². The number of hydrogen-bond acceptors (Lipinski definition) is 5. The van der Waals surface area contributed by atoms with Crippen molar-refractivity contribution in [3.8, 4) is 5.88 Å². The Hall–Kier alpha value is -3.25. The van der Waals surface area contributed by atoms with Gasteiger partial charge in [-0.2, -0.15) is 0 Å². The molecule has 1 aliphatic heterocycles. The molecule has 0 bridgehead atoms. The summed E-state index contributed by atoms with van der Waals surface area (Å²) in [7, 11) is 0. The Balaban J connectivity index is 1.52. The van der Waals surface area contributed by atoms with E-state index in [1.54, 1.807) is 0 Å². The fourth-order valence-electron chi connectivity index (χ4n) is 3.89. The maximum Gasteiger partial charge on any atom is 0.250 e. The number of carbonyl (C=O) groups is 1. The molecule has 0 spiro atoms. The van der Waals surface area contributed by atoms with Crippen molar-refractivity contribution in [2.24, 2.45) is 0 Å². The summed E-state index contributed by atoms with van der Waals surface area (Å²) in [6, 6.07) is 16.0. The van der Waals surface area contributed by atoms with Gasteiger partial charge in [-0.1, -0.05) is 29.8 Å². The summed E-state index contributed by atoms with van der Waals surface area (Å²) in [6.07, 6.45) is 2.51. The van der Waals surface area contributed by atoms with Crippen LogP contribution in [0.15, 0.2) is 60.8 Å². The zero-order chi connectivity index (χ0) is 21.8. The van der Waals surface area contributed by atoms with Gasteiger partial charge in [0.05, 0.1) is 6.54 Å². The number of aromatic nitrogens is 1. The molecular weight excluding hydrogens is 395 g/mol. The largest absolute Gasteiger partial charge is 0.470 e. The van der Waals surface area contributed by atoms with Crippen LogP contribution in [-0.2, 0) is 6.42 Å². The monoisotopic (exact) mass is 420 g/mol. The summed E-state index contributed by atoms with van der Waals surface area (Å²) >= 11 is 0. The zero-order valence-electron chi connectivity index (χ0n) is 17.4. The maximum atomic E-state index is 13.8. The molecule has 6 heteroatoms. The van der Waals surface area contributed by atoms with Crippen LogP contribution >= 0.6 is 0 Å². The van der Waals surface area contributed by atoms with Crippen LogP contribution in [0.4, 0.5) is 10.1 Å². The third kappa shape index (κ3) is 4.75. The van der Waals surface area contributed by atoms with Gasteiger partial charge in [0.2, 0.25) is 0 Å². The second-order valence-corrected chi connectivity index (χ2v) is 7.78. The van der Waals surface area contributed by atoms with Crippen LogP contribution in [0.5, 0.6) is 5.88 Å². The summed E-state index contributed by atoms with van der Waals surface area (Å²) in [6.45, 7) is 3.29. The van der Waals surface area contributed by atoms with E-state index in [4.69, 9.17) is 4.74 Å². The molecule has 1 atom stereocenters. The van der Waals surface area contributed by atoms with Crippen LogP contribution in [-0.4, -0.2) is 41.7 Å². The molecule has 0 saturated carbocycles. The molecule has 160 valence electrons. The van der Waals surface area contributed by atoms with Gasteiger partial charge >= 0.3 is 0 Å². The zero-order valence-corrected chi connectivity index (χ0v) is 17.4. The van der Waals surface area contributed by atoms with Crippen molar-refractivity contribution >= 4 is 11.5 Å². The molecule has 4 rings (SSSR count). The summed E-state index contributed by atoms with van der Waals surface area (Å²) in [5.74, 6) is -0.496. The second kappa shape index (κ2) is 9.27. The number of aryl methyl sites for hydroxylation is 1. The molecule has 1 saturated heterocycles. The number of ketones is 1. The van der Waals surface area contributed by atoms with E-state index in [1.165, 1.54) is 18.3 Å². The van der Waals surface area contributed by atoms with Crippen molar-refractivity contribution < 1.29 is 19.0 Å². The quantitative estimate of drug-likeness (QED) is 0.587. The normalized spacial score (nSPS) is 15.8. The molecule has 0 amide bonds. The molecule has 1 N–H and O–H groups in total. The van der Waals surface area contributed by atoms with Crippen LogP contribution in [0, 0.1) is 12.7 Å². The Morgan fingerprint density at radius 3 is 2.71 bits per heavy atom. The van der Waals surface area contributed by atoms with Crippen LogP contribution in [0.25, 0.3) is 0 Å². The van der Waals surface area contributed by atoms with Crippen molar-refractivity contribution in [1.29, 1.82) is 0 Å². The predicted molar refractivity (Wildman–Crippen MR) is 117 cm³/mol. The summed E-state index contributed by atoms with van der Waals surface area (Å²) < 4.78 is 19.6. The van der Waals surface area contributed by atoms with E-state index >= 15 is 0 Å². The molecule has 1 fully saturated rings. The molecular formula is C25H25FN2O3. The maximum absolute atomic E-state index is 13.8. The highest BCUT2D eigenvalue weighted by Gasteiger charge is 2.27. The first-order chi connectivity index (χ1) is 15.0. The highest BCUT2D eigenvalue weighted by Crippen LogP contribution is 2.29. The van der Waals surface area contributed by atoms with E-state index in [-0.39, 0.29) is 24.4 Å². The van der Waals surface area contributed by atoms with Gasteiger partial charge in [0.25, 0.3) is 5.88 Å². The van der Waals surface area contributed by atoms with Crippen molar-refractivity contribution in [2.45, 2.75) is 25.9 Å². The number of rotatable bonds is 7. The number of aliphatic hydroxyl groups is 1. The fraction of sp³-hybridized carbons (Fsp3) is 0.280. The van der Waals surface area contributed by atoms with Gasteiger partial charge in [0.1, 0.15) is 6.10 Å². The fourth-order valence-corrected chi connectivity index (χ4v) is 3.89. The summed E-state index contributed by atoms with van der Waals surface area (Å²) in [4.78, 5) is 19.0. The van der Waals surface area contributed by atoms with Gasteiger partial charge in [0, 0.05) is 42.6 Å². The topological polar surface area (TPSA) is 62.7 Å². The number of pyridine rings is 1. The Morgan fingerprint density at radius 1 is 1.19 bits per heavy atom. The molecule has 1 aromatic heterocycles. The van der Waals surface area contributed by atoms with Gasteiger partial charge in [0.15, 0.2) is 11.6 Å². The Kier molecular flexibility index (Phi) is 6.28. The molecule has 5 nitrogen and oxygen atoms in total. The lowest BCUT2D eigenvalue weighted by atomic mass is 9.98. The minimum atomic E-state index is -0.471. The minimum absolute atomic E-state index is 0.0118. The molecule has 2 aromatic carbocycles. The highest BCUT2D eigenvalue weighted by molar-refractivity contribution is 6.09. The Labute approximate surface area is 181 Å². The summed E-state index contributed by atoms with van der Waals surface area (Å²) in [5, 5.41) is 9.56. The number of carbonyl (C=O) groups excluding carboxylic acids is 1. The van der Waals surface area contributed by atoms with Crippen molar-refractivity contribution in [3.63, 3.8) is 0 Å². The van der Waals surface area contributed by atoms with Gasteiger partial charge in [-0.25, -0.2) is 9.37 Å². The number of benzene rings is 2. The van der Waals surface area contributed by atoms with Gasteiger partial charge in [-0.05, 0) is 49.2 Å². The average Bonchev–Trinajstić information content (AvgIpc) is 3.24. The number of ether oxygens (including phenoxy) is 1. The SMILES string of the molecule is Cc1ccc(C(=O)c2ccc(N3CC[C@H](Oc4ncccc4F)C3)c(CCO)c2)cc1. The second-order valence-electron chi connectivity index (χ2n) is 7.78. The molecule has 0 aliphatic carbocycles. The Bertz CT molecular complexity index is 1070. The van der Waals surface area contributed by atoms with Crippen LogP contribution < -0.4 is 9.64 Å². The third-order valence-corrected chi connectivity index (χ3v) is 5.53. The van der Waals surface area contributed by atoms with Crippen LogP contribution in [0.3, 0.4) is 0 Å². The first kappa shape index (κ1) is 21.0. The summed E-state index contributed by atoms with van der Waals surface area (Å²) in [5.41, 5.74) is 4.20. The lowest BCUT2D eigenvalue weighted by Crippen LogP contribution is -2.26. The average molecular weight is 420 g/mol. The lowest BCUT2D eigenvalue weighted by Gasteiger charge is -2.22. The number of anilines is 1. The van der Waals surface area contributed by atoms with E-state index < -0.39 is 5.82 Å². The number of halogens is 1. The van der Waals surface area contributed by atoms with E-state index in [9.17, 15) is 14.3 Å². The molecule has 3 aromatic rings. The van der Waals surface area contributed by atoms with E-state index in [2.05, 4.69) is 9.88 Å². The predicted octanol–water partition coefficient (Wildman–Crippen LogP) is 3.95. The molecule has 0 unspecified atom stereocenters. The highest BCUT2D eigenvalue weighted by atomic mass is 19.1. The number of hydrogen-bond donors (Lipinski definition) is 1. The smallest absolute Gasteiger partial charge is 0.250 e. The van der Waals surface area contributed by atoms with Crippen molar-refractivity contribution in [3.05, 3.63) is 88.9 Å². The molecule has 0 radical (unpaired) electrons. The van der Waals surface area contributed by atoms with Gasteiger partial charge in [-0.3, -0.25) is 4.79 Å². The van der Waals surface area contributed by atoms with Crippen LogP contribution in [0.2, 0.25) is 0 Å². The lowest BCUT2D eigenvalue weighted by molar-refractivity contribution is 0.103. The van der Waals surface area contributed by atoms with Gasteiger partial charge in [-0.15, -0.1) is 0 Å². The standard InChI is InChI=1S/C25H25FN2O3/c1-17-4-6-18(7-5-17)24(30)20-8-9-23(19(15-20)11-14-29)28-13-10-21(16-28)31-25-22(26)3-2-12-27-25/h2-9,12,15,21,29H,10-11,13-14,16H2,1H3/t21-/m0/s1. The molecule has 31 heavy (non-hydrogen) atoms. The van der Waals surface area contributed by atoms with E-state index in [1.807, 2.05) is 49.4 Å². The third-order valence-electron chi connectivity index (χ3n) is 5.53. The first-order valence-corrected chi connectivity index (χ1v) is 10.4. The minimum Gasteiger partial charge on any atom is -0.470 e. The van der Waals surface area contributed by atoms with Crippen LogP contribution in [0.1, 0.15) is 33.5 Å². The van der Waals surface area contributed by atoms with E-state index in [0.717, 1.165) is 29.8 Å². The van der Waals surface area contributed by atoms with E-state index in [0.29, 0.717) is 24.1 Å². The number of aliphatic hydroxyl groups excluding tert-OH is 1.